The van der Waals surface area contributed by atoms with E-state index in [2.05, 4.69) is 72.8 Å². The molecule has 19 heteroatoms. The van der Waals surface area contributed by atoms with Crippen LogP contribution in [0.2, 0.25) is 0 Å². The van der Waals surface area contributed by atoms with E-state index < -0.39 is 97.5 Å². The quantitative estimate of drug-likeness (QED) is 0.0169. The molecule has 0 bridgehead atoms. The van der Waals surface area contributed by atoms with Gasteiger partial charge in [0.25, 0.3) is 0 Å². The molecule has 0 fully saturated rings. The number of phosphoric ester groups is 2. The van der Waals surface area contributed by atoms with Crippen molar-refractivity contribution in [2.45, 2.75) is 420 Å². The number of hydrogen-bond donors (Lipinski definition) is 3. The number of carbonyl (C=O) groups is 4. The summed E-state index contributed by atoms with van der Waals surface area (Å²) in [6.45, 7) is 11.9. The molecule has 0 heterocycles. The Morgan fingerprint density at radius 3 is 0.881 bits per heavy atom. The third-order valence-electron chi connectivity index (χ3n) is 18.9. The first-order valence-electron chi connectivity index (χ1n) is 41.7. The van der Waals surface area contributed by atoms with Gasteiger partial charge in [0.1, 0.15) is 19.3 Å². The molecule has 596 valence electrons. The number of aliphatic hydroxyl groups excluding tert-OH is 1. The van der Waals surface area contributed by atoms with E-state index in [1.165, 1.54) is 193 Å². The minimum atomic E-state index is -4.97. The second kappa shape index (κ2) is 71.8. The molecular formula is C82H156O17P2. The smallest absolute Gasteiger partial charge is 0.462 e. The Bertz CT molecular complexity index is 2050. The number of hydrogen-bond acceptors (Lipinski definition) is 15. The Balaban J connectivity index is 5.26. The summed E-state index contributed by atoms with van der Waals surface area (Å²) in [6, 6.07) is 0. The summed E-state index contributed by atoms with van der Waals surface area (Å²) >= 11 is 0. The van der Waals surface area contributed by atoms with Gasteiger partial charge in [0.15, 0.2) is 12.2 Å². The summed E-state index contributed by atoms with van der Waals surface area (Å²) in [5, 5.41) is 10.6. The van der Waals surface area contributed by atoms with Crippen LogP contribution in [-0.2, 0) is 65.4 Å². The van der Waals surface area contributed by atoms with Gasteiger partial charge in [-0.3, -0.25) is 37.3 Å². The summed E-state index contributed by atoms with van der Waals surface area (Å²) in [6.07, 6.45) is 63.4. The number of aliphatic hydroxyl groups is 1. The van der Waals surface area contributed by atoms with Gasteiger partial charge < -0.3 is 33.8 Å². The maximum atomic E-state index is 13.1. The number of phosphoric acid groups is 2. The van der Waals surface area contributed by atoms with Crippen LogP contribution in [0.15, 0.2) is 24.3 Å². The Labute approximate surface area is 618 Å². The molecule has 0 saturated heterocycles. The van der Waals surface area contributed by atoms with Gasteiger partial charge in [0, 0.05) is 25.7 Å². The predicted molar refractivity (Wildman–Crippen MR) is 414 cm³/mol. The van der Waals surface area contributed by atoms with Crippen molar-refractivity contribution < 1.29 is 80.2 Å². The van der Waals surface area contributed by atoms with Crippen molar-refractivity contribution in [3.63, 3.8) is 0 Å². The maximum absolute atomic E-state index is 13.1. The second-order valence-corrected chi connectivity index (χ2v) is 32.9. The van der Waals surface area contributed by atoms with Crippen LogP contribution in [-0.4, -0.2) is 96.7 Å². The van der Waals surface area contributed by atoms with E-state index in [0.29, 0.717) is 31.6 Å². The van der Waals surface area contributed by atoms with Crippen LogP contribution in [0.3, 0.4) is 0 Å². The lowest BCUT2D eigenvalue weighted by Crippen LogP contribution is -2.30. The van der Waals surface area contributed by atoms with E-state index in [0.717, 1.165) is 121 Å². The first kappa shape index (κ1) is 98.5. The lowest BCUT2D eigenvalue weighted by molar-refractivity contribution is -0.161. The zero-order valence-corrected chi connectivity index (χ0v) is 67.6. The second-order valence-electron chi connectivity index (χ2n) is 30.0. The number of esters is 4. The van der Waals surface area contributed by atoms with Crippen LogP contribution >= 0.6 is 15.6 Å². The lowest BCUT2D eigenvalue weighted by atomic mass is 9.99. The van der Waals surface area contributed by atoms with E-state index in [-0.39, 0.29) is 25.7 Å². The first-order chi connectivity index (χ1) is 48.8. The molecule has 0 radical (unpaired) electrons. The fraction of sp³-hybridized carbons (Fsp3) is 0.902. The SMILES string of the molecule is CCCCCC/C=C\C=C/CCCCCCCC(=O)O[C@H](COC(=O)CCCCCCCCC(C)C)COP(=O)(O)OC[C@H](O)COP(=O)(O)OC[C@@H](COC(=O)CCCCCCCCCCCCCCCCC(C)CC)OC(=O)CCCCCCCCCCCCCCCCCCC(C)C. The molecule has 0 amide bonds. The van der Waals surface area contributed by atoms with Crippen molar-refractivity contribution in [3.8, 4) is 0 Å². The van der Waals surface area contributed by atoms with Gasteiger partial charge in [-0.15, -0.1) is 0 Å². The molecule has 6 atom stereocenters. The van der Waals surface area contributed by atoms with E-state index >= 15 is 0 Å². The van der Waals surface area contributed by atoms with E-state index in [1.54, 1.807) is 0 Å². The molecule has 0 rings (SSSR count). The standard InChI is InChI=1S/C82H156O17P2/c1-8-10-11-12-13-14-15-16-19-27-32-37-42-51-58-66-82(87)99-78(70-93-80(85)64-57-50-45-44-47-54-61-74(5)6)72-97-101(90,91)95-68-76(83)67-94-100(88,89)96-71-77(69-92-79(84)63-56-49-41-36-31-26-23-22-25-30-35-40-48-55-62-75(7)9-2)98-81(86)65-59-52-43-38-33-28-21-18-17-20-24-29-34-39-46-53-60-73(3)4/h14-16,19,73-78,83H,8-13,17-18,20-72H2,1-7H3,(H,88,89)(H,90,91)/b15-14-,19-16-/t75?,76-,77-,78-/m1/s1. The Kier molecular flexibility index (Phi) is 70.0. The Morgan fingerprint density at radius 2 is 0.584 bits per heavy atom. The topological polar surface area (TPSA) is 237 Å². The van der Waals surface area contributed by atoms with Crippen LogP contribution in [0.1, 0.15) is 402 Å². The highest BCUT2D eigenvalue weighted by Crippen LogP contribution is 2.45. The molecule has 0 spiro atoms. The Morgan fingerprint density at radius 1 is 0.327 bits per heavy atom. The third-order valence-corrected chi connectivity index (χ3v) is 20.8. The molecule has 0 aromatic heterocycles. The third kappa shape index (κ3) is 74.2. The minimum Gasteiger partial charge on any atom is -0.462 e. The monoisotopic (exact) mass is 1480 g/mol. The normalized spacial score (nSPS) is 14.4. The van der Waals surface area contributed by atoms with Crippen molar-refractivity contribution in [2.75, 3.05) is 39.6 Å². The number of rotatable bonds is 78. The maximum Gasteiger partial charge on any atom is 0.472 e. The summed E-state index contributed by atoms with van der Waals surface area (Å²) in [5.41, 5.74) is 0. The molecule has 0 aliphatic heterocycles. The molecule has 0 aliphatic rings. The zero-order valence-electron chi connectivity index (χ0n) is 65.9. The largest absolute Gasteiger partial charge is 0.472 e. The van der Waals surface area contributed by atoms with Crippen molar-refractivity contribution in [3.05, 3.63) is 24.3 Å². The molecule has 3 unspecified atom stereocenters. The molecule has 3 N–H and O–H groups in total. The molecule has 17 nitrogen and oxygen atoms in total. The van der Waals surface area contributed by atoms with Crippen LogP contribution in [0, 0.1) is 17.8 Å². The summed E-state index contributed by atoms with van der Waals surface area (Å²) < 4.78 is 68.7. The van der Waals surface area contributed by atoms with Gasteiger partial charge in [0.2, 0.25) is 0 Å². The summed E-state index contributed by atoms with van der Waals surface area (Å²) in [4.78, 5) is 73.0. The van der Waals surface area contributed by atoms with Gasteiger partial charge in [-0.2, -0.15) is 0 Å². The highest BCUT2D eigenvalue weighted by Gasteiger charge is 2.30. The van der Waals surface area contributed by atoms with E-state index in [4.69, 9.17) is 37.0 Å². The van der Waals surface area contributed by atoms with Crippen LogP contribution in [0.25, 0.3) is 0 Å². The number of ether oxygens (including phenoxy) is 4. The van der Waals surface area contributed by atoms with Crippen LogP contribution < -0.4 is 0 Å². The van der Waals surface area contributed by atoms with Crippen molar-refractivity contribution in [2.24, 2.45) is 17.8 Å². The Hall–Kier alpha value is -2.46. The van der Waals surface area contributed by atoms with Crippen molar-refractivity contribution >= 4 is 39.5 Å². The summed E-state index contributed by atoms with van der Waals surface area (Å²) in [7, 11) is -9.93. The van der Waals surface area contributed by atoms with E-state index in [1.807, 2.05) is 0 Å². The summed E-state index contributed by atoms with van der Waals surface area (Å²) in [5.74, 6) is 0.190. The van der Waals surface area contributed by atoms with Crippen molar-refractivity contribution in [1.82, 2.24) is 0 Å². The highest BCUT2D eigenvalue weighted by atomic mass is 31.2. The zero-order chi connectivity index (χ0) is 74.4. The fourth-order valence-electron chi connectivity index (χ4n) is 12.1. The average Bonchev–Trinajstić information content (AvgIpc) is 1.00. The number of allylic oxidation sites excluding steroid dienone is 4. The van der Waals surface area contributed by atoms with Gasteiger partial charge in [0.05, 0.1) is 26.4 Å². The van der Waals surface area contributed by atoms with E-state index in [9.17, 15) is 43.2 Å². The fourth-order valence-corrected chi connectivity index (χ4v) is 13.7. The van der Waals surface area contributed by atoms with Crippen LogP contribution in [0.5, 0.6) is 0 Å². The molecular weight excluding hydrogens is 1320 g/mol. The highest BCUT2D eigenvalue weighted by molar-refractivity contribution is 7.47. The molecule has 0 aliphatic carbocycles. The van der Waals surface area contributed by atoms with Gasteiger partial charge in [-0.25, -0.2) is 9.13 Å². The molecule has 0 aromatic carbocycles. The lowest BCUT2D eigenvalue weighted by Gasteiger charge is -2.21. The molecule has 0 aromatic rings. The van der Waals surface area contributed by atoms with Crippen LogP contribution in [0.4, 0.5) is 0 Å². The van der Waals surface area contributed by atoms with Crippen molar-refractivity contribution in [1.29, 1.82) is 0 Å². The molecule has 0 saturated carbocycles. The average molecular weight is 1480 g/mol. The van der Waals surface area contributed by atoms with Gasteiger partial charge in [-0.05, 0) is 69.1 Å². The minimum absolute atomic E-state index is 0.0839. The number of carbonyl (C=O) groups excluding carboxylic acids is 4. The predicted octanol–water partition coefficient (Wildman–Crippen LogP) is 24.1. The van der Waals surface area contributed by atoms with Gasteiger partial charge in [-0.1, -0.05) is 349 Å². The first-order valence-corrected chi connectivity index (χ1v) is 44.7. The number of unbranched alkanes of at least 4 members (excludes halogenated alkanes) is 42. The van der Waals surface area contributed by atoms with Gasteiger partial charge >= 0.3 is 39.5 Å². The molecule has 101 heavy (non-hydrogen) atoms.